The monoisotopic (exact) mass is 305 g/mol. The molecule has 6 heteroatoms. The van der Waals surface area contributed by atoms with Crippen LogP contribution in [-0.2, 0) is 16.6 Å². The number of sulfonamides is 1. The molecule has 2 rings (SSSR count). The van der Waals surface area contributed by atoms with Gasteiger partial charge in [0, 0.05) is 24.0 Å². The Morgan fingerprint density at radius 3 is 2.58 bits per heavy atom. The molecule has 0 aliphatic heterocycles. The molecule has 3 nitrogen and oxygen atoms in total. The fourth-order valence-corrected chi connectivity index (χ4v) is 4.00. The van der Waals surface area contributed by atoms with Gasteiger partial charge in [-0.25, -0.2) is 12.8 Å². The maximum Gasteiger partial charge on any atom is 0.214 e. The molecule has 0 heterocycles. The first kappa shape index (κ1) is 14.8. The van der Waals surface area contributed by atoms with Crippen molar-refractivity contribution in [2.24, 2.45) is 0 Å². The molecule has 1 aromatic rings. The van der Waals surface area contributed by atoms with Crippen molar-refractivity contribution in [3.05, 3.63) is 35.6 Å². The van der Waals surface area contributed by atoms with Crippen molar-refractivity contribution in [3.63, 3.8) is 0 Å². The minimum atomic E-state index is -3.35. The molecule has 0 spiro atoms. The van der Waals surface area contributed by atoms with E-state index in [2.05, 4.69) is 0 Å². The summed E-state index contributed by atoms with van der Waals surface area (Å²) in [5.74, 6) is -0.0144. The van der Waals surface area contributed by atoms with E-state index in [0.717, 1.165) is 12.8 Å². The van der Waals surface area contributed by atoms with Crippen molar-refractivity contribution in [2.45, 2.75) is 31.8 Å². The van der Waals surface area contributed by atoms with Crippen LogP contribution in [0.2, 0.25) is 0 Å². The van der Waals surface area contributed by atoms with Crippen molar-refractivity contribution >= 4 is 21.6 Å². The molecule has 1 aromatic carbocycles. The maximum absolute atomic E-state index is 13.6. The van der Waals surface area contributed by atoms with Gasteiger partial charge in [0.05, 0.1) is 5.75 Å². The molecule has 1 aliphatic rings. The SMILES string of the molecule is O=S(=O)(CCCCl)N(Cc1ccccc1F)C1CC1. The molecule has 0 saturated heterocycles. The van der Waals surface area contributed by atoms with Crippen LogP contribution in [0.1, 0.15) is 24.8 Å². The van der Waals surface area contributed by atoms with E-state index in [1.54, 1.807) is 18.2 Å². The van der Waals surface area contributed by atoms with Crippen LogP contribution in [-0.4, -0.2) is 30.4 Å². The molecular weight excluding hydrogens is 289 g/mol. The second-order valence-electron chi connectivity index (χ2n) is 4.73. The van der Waals surface area contributed by atoms with Crippen LogP contribution in [0.3, 0.4) is 0 Å². The van der Waals surface area contributed by atoms with Gasteiger partial charge < -0.3 is 0 Å². The van der Waals surface area contributed by atoms with E-state index in [4.69, 9.17) is 11.6 Å². The largest absolute Gasteiger partial charge is 0.214 e. The Morgan fingerprint density at radius 1 is 1.32 bits per heavy atom. The summed E-state index contributed by atoms with van der Waals surface area (Å²) in [6, 6.07) is 6.32. The first-order chi connectivity index (χ1) is 9.04. The lowest BCUT2D eigenvalue weighted by atomic mass is 10.2. The molecule has 0 bridgehead atoms. The van der Waals surface area contributed by atoms with Crippen LogP contribution in [0.15, 0.2) is 24.3 Å². The summed E-state index contributed by atoms with van der Waals surface area (Å²) in [5.41, 5.74) is 0.420. The first-order valence-electron chi connectivity index (χ1n) is 6.33. The summed E-state index contributed by atoms with van der Waals surface area (Å²) in [7, 11) is -3.35. The van der Waals surface area contributed by atoms with Crippen LogP contribution < -0.4 is 0 Å². The highest BCUT2D eigenvalue weighted by molar-refractivity contribution is 7.89. The zero-order chi connectivity index (χ0) is 13.9. The Morgan fingerprint density at radius 2 is 2.00 bits per heavy atom. The smallest absolute Gasteiger partial charge is 0.212 e. The number of hydrogen-bond donors (Lipinski definition) is 0. The minimum absolute atomic E-state index is 0.0277. The molecule has 1 aliphatic carbocycles. The summed E-state index contributed by atoms with van der Waals surface area (Å²) in [6.07, 6.45) is 2.13. The van der Waals surface area contributed by atoms with Gasteiger partial charge in [0.15, 0.2) is 0 Å². The molecule has 1 fully saturated rings. The Hall–Kier alpha value is -0.650. The maximum atomic E-state index is 13.6. The summed E-state index contributed by atoms with van der Waals surface area (Å²) < 4.78 is 39.5. The second-order valence-corrected chi connectivity index (χ2v) is 7.15. The van der Waals surface area contributed by atoms with Gasteiger partial charge in [-0.2, -0.15) is 4.31 Å². The number of alkyl halides is 1. The number of rotatable bonds is 7. The lowest BCUT2D eigenvalue weighted by molar-refractivity contribution is 0.391. The molecule has 0 radical (unpaired) electrons. The van der Waals surface area contributed by atoms with Crippen molar-refractivity contribution in [1.29, 1.82) is 0 Å². The number of benzene rings is 1. The topological polar surface area (TPSA) is 37.4 Å². The minimum Gasteiger partial charge on any atom is -0.212 e. The molecule has 0 aromatic heterocycles. The van der Waals surface area contributed by atoms with Crippen molar-refractivity contribution in [3.8, 4) is 0 Å². The lowest BCUT2D eigenvalue weighted by Crippen LogP contribution is -2.34. The summed E-state index contributed by atoms with van der Waals surface area (Å²) in [4.78, 5) is 0. The van der Waals surface area contributed by atoms with E-state index in [9.17, 15) is 12.8 Å². The highest BCUT2D eigenvalue weighted by atomic mass is 35.5. The number of nitrogens with zero attached hydrogens (tertiary/aromatic N) is 1. The van der Waals surface area contributed by atoms with Crippen LogP contribution in [0.25, 0.3) is 0 Å². The molecule has 0 unspecified atom stereocenters. The van der Waals surface area contributed by atoms with Gasteiger partial charge in [-0.05, 0) is 25.3 Å². The first-order valence-corrected chi connectivity index (χ1v) is 8.48. The van der Waals surface area contributed by atoms with Crippen LogP contribution in [0, 0.1) is 5.82 Å². The Kier molecular flexibility index (Phi) is 4.81. The quantitative estimate of drug-likeness (QED) is 0.726. The summed E-state index contributed by atoms with van der Waals surface area (Å²) >= 11 is 5.55. The fourth-order valence-electron chi connectivity index (χ4n) is 1.97. The van der Waals surface area contributed by atoms with Crippen LogP contribution in [0.4, 0.5) is 4.39 Å². The van der Waals surface area contributed by atoms with Gasteiger partial charge in [0.25, 0.3) is 0 Å². The zero-order valence-corrected chi connectivity index (χ0v) is 12.1. The van der Waals surface area contributed by atoms with Gasteiger partial charge in [-0.1, -0.05) is 18.2 Å². The Labute approximate surface area is 118 Å². The highest BCUT2D eigenvalue weighted by Gasteiger charge is 2.37. The third-order valence-corrected chi connectivity index (χ3v) is 5.35. The van der Waals surface area contributed by atoms with Crippen LogP contribution in [0.5, 0.6) is 0 Å². The second kappa shape index (κ2) is 6.20. The highest BCUT2D eigenvalue weighted by Crippen LogP contribution is 2.31. The summed E-state index contributed by atoms with van der Waals surface area (Å²) in [5, 5.41) is 0. The van der Waals surface area contributed by atoms with E-state index < -0.39 is 10.0 Å². The van der Waals surface area contributed by atoms with Gasteiger partial charge >= 0.3 is 0 Å². The predicted octanol–water partition coefficient (Wildman–Crippen LogP) is 2.75. The standard InChI is InChI=1S/C13H17ClFNO2S/c14-8-3-9-19(17,18)16(12-6-7-12)10-11-4-1-2-5-13(11)15/h1-2,4-5,12H,3,6-10H2. The van der Waals surface area contributed by atoms with Crippen molar-refractivity contribution in [2.75, 3.05) is 11.6 Å². The third-order valence-electron chi connectivity index (χ3n) is 3.13. The van der Waals surface area contributed by atoms with Crippen molar-refractivity contribution < 1.29 is 12.8 Å². The molecule has 0 amide bonds. The van der Waals surface area contributed by atoms with Crippen molar-refractivity contribution in [1.82, 2.24) is 4.31 Å². The predicted molar refractivity (Wildman–Crippen MR) is 74.1 cm³/mol. The average Bonchev–Trinajstić information content (AvgIpc) is 3.19. The van der Waals surface area contributed by atoms with E-state index >= 15 is 0 Å². The zero-order valence-electron chi connectivity index (χ0n) is 10.6. The third kappa shape index (κ3) is 3.91. The number of hydrogen-bond acceptors (Lipinski definition) is 2. The molecule has 106 valence electrons. The molecule has 1 saturated carbocycles. The lowest BCUT2D eigenvalue weighted by Gasteiger charge is -2.22. The molecular formula is C13H17ClFNO2S. The van der Waals surface area contributed by atoms with E-state index in [0.29, 0.717) is 17.9 Å². The normalized spacial score (nSPS) is 15.9. The molecule has 19 heavy (non-hydrogen) atoms. The van der Waals surface area contributed by atoms with Gasteiger partial charge in [0.1, 0.15) is 5.82 Å². The summed E-state index contributed by atoms with van der Waals surface area (Å²) in [6.45, 7) is 0.113. The van der Waals surface area contributed by atoms with E-state index in [1.807, 2.05) is 0 Å². The van der Waals surface area contributed by atoms with E-state index in [-0.39, 0.29) is 24.2 Å². The Bertz CT molecular complexity index is 531. The number of halogens is 2. The molecule has 0 N–H and O–H groups in total. The van der Waals surface area contributed by atoms with Crippen LogP contribution >= 0.6 is 11.6 Å². The molecule has 0 atom stereocenters. The Balaban J connectivity index is 2.15. The fraction of sp³-hybridized carbons (Fsp3) is 0.538. The van der Waals surface area contributed by atoms with Gasteiger partial charge in [-0.15, -0.1) is 11.6 Å². The average molecular weight is 306 g/mol. The van der Waals surface area contributed by atoms with Gasteiger partial charge in [0.2, 0.25) is 10.0 Å². The van der Waals surface area contributed by atoms with E-state index in [1.165, 1.54) is 10.4 Å². The van der Waals surface area contributed by atoms with Gasteiger partial charge in [-0.3, -0.25) is 0 Å².